The fourth-order valence-corrected chi connectivity index (χ4v) is 17.4. The second-order valence-electron chi connectivity index (χ2n) is 17.9. The molecular weight excluding hydrogens is 739 g/mol. The topological polar surface area (TPSA) is 0 Å². The molecule has 51 heavy (non-hydrogen) atoms. The van der Waals surface area contributed by atoms with Crippen LogP contribution >= 0.6 is 0 Å². The summed E-state index contributed by atoms with van der Waals surface area (Å²) in [6, 6.07) is 34.1. The van der Waals surface area contributed by atoms with Crippen LogP contribution in [0, 0.1) is 25.2 Å². The van der Waals surface area contributed by atoms with Crippen molar-refractivity contribution in [3.63, 3.8) is 0 Å². The van der Waals surface area contributed by atoms with Crippen molar-refractivity contribution in [2.45, 2.75) is 110 Å². The molecule has 0 heterocycles. The number of aryl methyl sites for hydroxylation is 2. The number of hydrogen-bond donors (Lipinski definition) is 0. The molecule has 0 fully saturated rings. The van der Waals surface area contributed by atoms with Crippen molar-refractivity contribution in [3.8, 4) is 11.1 Å². The van der Waals surface area contributed by atoms with Crippen LogP contribution in [0.3, 0.4) is 0 Å². The van der Waals surface area contributed by atoms with Crippen LogP contribution in [-0.4, -0.2) is 3.21 Å². The maximum atomic E-state index is 2.72. The third kappa shape index (κ3) is 8.43. The van der Waals surface area contributed by atoms with Crippen molar-refractivity contribution < 1.29 is 46.1 Å². The zero-order valence-corrected chi connectivity index (χ0v) is 37.0. The van der Waals surface area contributed by atoms with Crippen molar-refractivity contribution >= 4 is 3.21 Å². The van der Waals surface area contributed by atoms with Crippen molar-refractivity contribution in [2.75, 3.05) is 0 Å². The first-order valence-electron chi connectivity index (χ1n) is 18.6. The van der Waals surface area contributed by atoms with Gasteiger partial charge in [-0.1, -0.05) is 0 Å². The first-order chi connectivity index (χ1) is 23.0. The summed E-state index contributed by atoms with van der Waals surface area (Å²) in [4.78, 5) is 0. The van der Waals surface area contributed by atoms with Crippen LogP contribution in [0.1, 0.15) is 130 Å². The molecule has 4 aromatic rings. The largest absolute Gasteiger partial charge is 1.00 e. The van der Waals surface area contributed by atoms with Gasteiger partial charge in [0.2, 0.25) is 0 Å². The Labute approximate surface area is 330 Å². The van der Waals surface area contributed by atoms with Crippen LogP contribution in [0.4, 0.5) is 0 Å². The van der Waals surface area contributed by atoms with Gasteiger partial charge in [0.05, 0.1) is 0 Å². The molecule has 1 unspecified atom stereocenters. The molecule has 0 radical (unpaired) electrons. The molecule has 0 saturated carbocycles. The molecule has 0 N–H and O–H groups in total. The molecule has 0 nitrogen and oxygen atoms in total. The van der Waals surface area contributed by atoms with E-state index in [0.717, 1.165) is 0 Å². The minimum atomic E-state index is -2.95. The average Bonchev–Trinajstić information content (AvgIpc) is 3.59. The van der Waals surface area contributed by atoms with Gasteiger partial charge in [0.1, 0.15) is 0 Å². The summed E-state index contributed by atoms with van der Waals surface area (Å²) in [7, 11) is 0. The van der Waals surface area contributed by atoms with Gasteiger partial charge in [-0.3, -0.25) is 0 Å². The van der Waals surface area contributed by atoms with E-state index >= 15 is 0 Å². The van der Waals surface area contributed by atoms with Crippen LogP contribution in [0.5, 0.6) is 0 Å². The van der Waals surface area contributed by atoms with Gasteiger partial charge in [0.15, 0.2) is 0 Å². The van der Waals surface area contributed by atoms with E-state index in [0.29, 0.717) is 9.54 Å². The van der Waals surface area contributed by atoms with Crippen LogP contribution in [-0.2, 0) is 32.1 Å². The quantitative estimate of drug-likeness (QED) is 0.195. The van der Waals surface area contributed by atoms with Crippen LogP contribution in [0.2, 0.25) is 0 Å². The number of allylic oxidation sites excluding steroid dienone is 4. The molecule has 0 aromatic heterocycles. The molecule has 0 aliphatic heterocycles. The van der Waals surface area contributed by atoms with Gasteiger partial charge in [-0.05, 0) is 0 Å². The van der Waals surface area contributed by atoms with E-state index in [9.17, 15) is 0 Å². The zero-order valence-electron chi connectivity index (χ0n) is 33.1. The van der Waals surface area contributed by atoms with Gasteiger partial charge in [-0.2, -0.15) is 0 Å². The third-order valence-corrected chi connectivity index (χ3v) is 19.3. The fourth-order valence-electron chi connectivity index (χ4n) is 7.80. The smallest absolute Gasteiger partial charge is 1.00 e. The summed E-state index contributed by atoms with van der Waals surface area (Å²) in [5, 5.41) is 0. The van der Waals surface area contributed by atoms with Gasteiger partial charge in [0.25, 0.3) is 0 Å². The standard InChI is InChI=1S/C21H25.C15H14.C12H19.2ClH.Zr/c1-20(2,3)16-7-9-18-14(12-16)11-15-13-17(21(4,5)6)8-10-19(15)18;1-12-3-7-14(8-4-12)11-15-9-5-13(2)6-10-15;1-5-6-10-7-8-11(9-10)12(2,3)4;;;/h7-13H,1-6H3;3-10H,1-2H3;8-10H,5-6H2,1-4H3;2*1H;/q;;;;;+2/p-2. The van der Waals surface area contributed by atoms with E-state index in [1.54, 1.807) is 17.6 Å². The first-order valence-corrected chi connectivity index (χ1v) is 22.5. The molecule has 4 aromatic carbocycles. The molecule has 0 amide bonds. The van der Waals surface area contributed by atoms with Crippen LogP contribution in [0.15, 0.2) is 106 Å². The predicted octanol–water partition coefficient (Wildman–Crippen LogP) is 7.15. The minimum absolute atomic E-state index is 0. The first kappa shape index (κ1) is 41.4. The number of hydrogen-bond acceptors (Lipinski definition) is 0. The Morgan fingerprint density at radius 3 is 1.39 bits per heavy atom. The Bertz CT molecular complexity index is 1860. The Morgan fingerprint density at radius 2 is 1.02 bits per heavy atom. The monoisotopic (exact) mass is 794 g/mol. The van der Waals surface area contributed by atoms with Gasteiger partial charge >= 0.3 is 308 Å². The average molecular weight is 797 g/mol. The summed E-state index contributed by atoms with van der Waals surface area (Å²) < 4.78 is 3.80. The molecule has 0 spiro atoms. The number of halogens is 2. The van der Waals surface area contributed by atoms with Gasteiger partial charge in [0, 0.05) is 0 Å². The maximum absolute atomic E-state index is 2.95. The molecule has 1 atom stereocenters. The van der Waals surface area contributed by atoms with E-state index in [4.69, 9.17) is 0 Å². The van der Waals surface area contributed by atoms with E-state index in [-0.39, 0.29) is 41.1 Å². The van der Waals surface area contributed by atoms with Gasteiger partial charge in [-0.15, -0.1) is 0 Å². The van der Waals surface area contributed by atoms with Gasteiger partial charge in [-0.25, -0.2) is 0 Å². The number of rotatable bonds is 6. The van der Waals surface area contributed by atoms with E-state index in [2.05, 4.69) is 180 Å². The normalized spacial score (nSPS) is 15.5. The molecule has 2 aliphatic carbocycles. The molecule has 2 aliphatic rings. The molecular formula is C48H58Cl2Zr. The molecule has 0 bridgehead atoms. The molecule has 0 saturated heterocycles. The second kappa shape index (κ2) is 15.6. The van der Waals surface area contributed by atoms with Crippen LogP contribution < -0.4 is 24.8 Å². The number of fused-ring (bicyclic) bond motifs is 3. The van der Waals surface area contributed by atoms with E-state index in [1.807, 2.05) is 0 Å². The summed E-state index contributed by atoms with van der Waals surface area (Å²) >= 11 is -2.95. The summed E-state index contributed by atoms with van der Waals surface area (Å²) in [6.07, 6.45) is 7.80. The Balaban J connectivity index is 0.00000292. The van der Waals surface area contributed by atoms with E-state index < -0.39 is 21.3 Å². The second-order valence-corrected chi connectivity index (χ2v) is 24.0. The van der Waals surface area contributed by atoms with Crippen molar-refractivity contribution in [1.29, 1.82) is 0 Å². The Morgan fingerprint density at radius 1 is 0.588 bits per heavy atom. The minimum Gasteiger partial charge on any atom is -1.00 e. The van der Waals surface area contributed by atoms with Gasteiger partial charge < -0.3 is 24.8 Å². The third-order valence-electron chi connectivity index (χ3n) is 10.9. The maximum Gasteiger partial charge on any atom is -1.00 e. The van der Waals surface area contributed by atoms with Crippen molar-refractivity contribution in [2.24, 2.45) is 11.3 Å². The van der Waals surface area contributed by atoms with Crippen LogP contribution in [0.25, 0.3) is 11.1 Å². The molecule has 268 valence electrons. The summed E-state index contributed by atoms with van der Waals surface area (Å²) in [5.41, 5.74) is 16.2. The van der Waals surface area contributed by atoms with Crippen molar-refractivity contribution in [1.82, 2.24) is 0 Å². The summed E-state index contributed by atoms with van der Waals surface area (Å²) in [6.45, 7) is 28.2. The summed E-state index contributed by atoms with van der Waals surface area (Å²) in [5.74, 6) is 0.489. The Hall–Kier alpha value is -2.31. The molecule has 6 rings (SSSR count). The molecule has 3 heteroatoms. The SMILES string of the molecule is CCCC1C=C(C(C)(C)C)C=[C]1[Zr+2](=[C](c1ccc(C)cc1)c1ccc(C)cc1)[CH]1c2cc(C(C)(C)C)ccc2-c2ccc(C(C)(C)C)cc21.[Cl-].[Cl-]. The number of benzene rings is 4. The van der Waals surface area contributed by atoms with Crippen molar-refractivity contribution in [3.05, 3.63) is 150 Å². The van der Waals surface area contributed by atoms with E-state index in [1.165, 1.54) is 62.9 Å². The fraction of sp³-hybridized carbons (Fsp3) is 0.396. The Kier molecular flexibility index (Phi) is 12.7. The zero-order chi connectivity index (χ0) is 35.5. The predicted molar refractivity (Wildman–Crippen MR) is 211 cm³/mol.